The highest BCUT2D eigenvalue weighted by molar-refractivity contribution is 6.34. The van der Waals surface area contributed by atoms with Crippen molar-refractivity contribution in [2.75, 3.05) is 18.1 Å². The molecule has 1 aliphatic heterocycles. The molecule has 1 fully saturated rings. The van der Waals surface area contributed by atoms with E-state index in [1.54, 1.807) is 44.2 Å². The summed E-state index contributed by atoms with van der Waals surface area (Å²) in [5, 5.41) is 9.99. The second-order valence-electron chi connectivity index (χ2n) is 8.70. The average Bonchev–Trinajstić information content (AvgIpc) is 3.01. The lowest BCUT2D eigenvalue weighted by Crippen LogP contribution is -2.44. The second kappa shape index (κ2) is 11.3. The zero-order chi connectivity index (χ0) is 26.0. The normalized spacial score (nSPS) is 14.4. The number of urea groups is 1. The molecule has 1 aromatic heterocycles. The van der Waals surface area contributed by atoms with Gasteiger partial charge in [0.25, 0.3) is 5.91 Å². The van der Waals surface area contributed by atoms with Gasteiger partial charge >= 0.3 is 6.03 Å². The molecule has 1 saturated heterocycles. The Bertz CT molecular complexity index is 1370. The van der Waals surface area contributed by atoms with Crippen LogP contribution in [-0.4, -0.2) is 40.7 Å². The van der Waals surface area contributed by atoms with Crippen LogP contribution in [0.25, 0.3) is 16.0 Å². The van der Waals surface area contributed by atoms with Crippen molar-refractivity contribution < 1.29 is 24.3 Å². The zero-order valence-electron chi connectivity index (χ0n) is 20.0. The molecule has 0 unspecified atom stereocenters. The number of aromatic nitrogens is 1. The number of nitrogens with zero attached hydrogens (tertiary/aromatic N) is 4. The summed E-state index contributed by atoms with van der Waals surface area (Å²) in [6, 6.07) is 13.0. The number of imide groups is 1. The molecule has 1 aliphatic rings. The van der Waals surface area contributed by atoms with Crippen LogP contribution in [0.3, 0.4) is 0 Å². The Kier molecular flexibility index (Phi) is 8.54. The fourth-order valence-electron chi connectivity index (χ4n) is 3.98. The molecule has 37 heavy (non-hydrogen) atoms. The van der Waals surface area contributed by atoms with Crippen LogP contribution in [0.4, 0.5) is 16.2 Å². The number of ether oxygens (including phenoxy) is 1. The number of carbonyl (C=O) groups is 2. The van der Waals surface area contributed by atoms with E-state index in [1.165, 1.54) is 29.4 Å². The molecule has 1 N–H and O–H groups in total. The van der Waals surface area contributed by atoms with E-state index in [4.69, 9.17) is 34.5 Å². The highest BCUT2D eigenvalue weighted by Crippen LogP contribution is 2.36. The van der Waals surface area contributed by atoms with Gasteiger partial charge in [-0.15, -0.1) is 12.4 Å². The first kappa shape index (κ1) is 28.1. The molecule has 3 amide bonds. The van der Waals surface area contributed by atoms with E-state index in [1.807, 2.05) is 6.07 Å². The van der Waals surface area contributed by atoms with Gasteiger partial charge in [0.05, 0.1) is 23.9 Å². The van der Waals surface area contributed by atoms with Gasteiger partial charge in [-0.1, -0.05) is 35.3 Å². The molecule has 8 nitrogen and oxygen atoms in total. The van der Waals surface area contributed by atoms with Crippen LogP contribution < -0.4 is 14.4 Å². The minimum atomic E-state index is -1.05. The number of benzene rings is 2. The van der Waals surface area contributed by atoms with Gasteiger partial charge in [0.15, 0.2) is 0 Å². The summed E-state index contributed by atoms with van der Waals surface area (Å²) in [6.07, 6.45) is 3.52. The molecular formula is C26H24Cl3N4O4+. The van der Waals surface area contributed by atoms with Crippen LogP contribution in [0.15, 0.2) is 60.9 Å². The highest BCUT2D eigenvalue weighted by atomic mass is 35.5. The van der Waals surface area contributed by atoms with E-state index in [-0.39, 0.29) is 35.6 Å². The van der Waals surface area contributed by atoms with Gasteiger partial charge in [-0.2, -0.15) is 0 Å². The first-order valence-electron chi connectivity index (χ1n) is 11.1. The largest absolute Gasteiger partial charge is 0.492 e. The quantitative estimate of drug-likeness (QED) is 0.123. The first-order chi connectivity index (χ1) is 17.1. The Morgan fingerprint density at radius 1 is 1.03 bits per heavy atom. The van der Waals surface area contributed by atoms with Crippen LogP contribution in [-0.2, 0) is 4.79 Å². The Balaban J connectivity index is 0.00000380. The summed E-state index contributed by atoms with van der Waals surface area (Å²) in [7, 11) is 0. The van der Waals surface area contributed by atoms with Crippen molar-refractivity contribution in [1.82, 2.24) is 4.90 Å². The minimum absolute atomic E-state index is 0. The minimum Gasteiger partial charge on any atom is -0.492 e. The third-order valence-electron chi connectivity index (χ3n) is 6.00. The Labute approximate surface area is 230 Å². The van der Waals surface area contributed by atoms with Crippen molar-refractivity contribution in [3.63, 3.8) is 0 Å². The molecule has 0 bridgehead atoms. The summed E-state index contributed by atoms with van der Waals surface area (Å²) < 4.78 is 6.79. The molecule has 3 aromatic rings. The van der Waals surface area contributed by atoms with Gasteiger partial charge in [-0.3, -0.25) is 10.0 Å². The fourth-order valence-corrected chi connectivity index (χ4v) is 4.43. The van der Waals surface area contributed by atoms with Crippen molar-refractivity contribution in [2.24, 2.45) is 0 Å². The number of amides is 3. The molecule has 0 aliphatic carbocycles. The van der Waals surface area contributed by atoms with Gasteiger partial charge < -0.3 is 9.64 Å². The molecule has 2 aromatic carbocycles. The van der Waals surface area contributed by atoms with Crippen molar-refractivity contribution in [3.8, 4) is 16.9 Å². The Morgan fingerprint density at radius 3 is 2.35 bits per heavy atom. The SMILES string of the molecule is Cl.[C-]#[N+]c1ccc(N2C(=O)N(CCCOc3ccc(-c4cc[n+](O)cc4)cc3Cl)C(C)(C)C2=O)cc1Cl. The molecule has 192 valence electrons. The predicted octanol–water partition coefficient (Wildman–Crippen LogP) is 6.17. The van der Waals surface area contributed by atoms with E-state index in [0.29, 0.717) is 29.4 Å². The monoisotopic (exact) mass is 561 g/mol. The van der Waals surface area contributed by atoms with Crippen molar-refractivity contribution in [2.45, 2.75) is 25.8 Å². The summed E-state index contributed by atoms with van der Waals surface area (Å²) in [4.78, 5) is 32.1. The van der Waals surface area contributed by atoms with Crippen LogP contribution in [0, 0.1) is 6.57 Å². The maximum Gasteiger partial charge on any atom is 0.332 e. The zero-order valence-corrected chi connectivity index (χ0v) is 22.3. The van der Waals surface area contributed by atoms with Crippen molar-refractivity contribution >= 4 is 58.9 Å². The molecule has 4 rings (SSSR count). The Hall–Kier alpha value is -3.51. The third-order valence-corrected chi connectivity index (χ3v) is 6.59. The number of anilines is 1. The standard InChI is InChI=1S/C26H23Cl2N4O4.ClH/c1-26(2)24(33)32(19-6-7-22(29-3)20(27)16-19)25(34)31(26)11-4-14-36-23-8-5-18(15-21(23)28)17-9-12-30(35)13-10-17;/h5-10,12-13,15-16,35H,4,11,14H2,1-2H3;1H/q+1;. The molecule has 0 spiro atoms. The summed E-state index contributed by atoms with van der Waals surface area (Å²) in [5.74, 6) is 0.138. The first-order valence-corrected chi connectivity index (χ1v) is 11.9. The smallest absolute Gasteiger partial charge is 0.332 e. The number of halogens is 3. The number of rotatable bonds is 7. The van der Waals surface area contributed by atoms with Crippen LogP contribution >= 0.6 is 35.6 Å². The van der Waals surface area contributed by atoms with Gasteiger partial charge in [0.2, 0.25) is 18.1 Å². The van der Waals surface area contributed by atoms with Crippen LogP contribution in [0.2, 0.25) is 10.0 Å². The van der Waals surface area contributed by atoms with Gasteiger partial charge in [-0.05, 0) is 55.7 Å². The predicted molar refractivity (Wildman–Crippen MR) is 143 cm³/mol. The number of pyridine rings is 1. The molecular weight excluding hydrogens is 539 g/mol. The van der Waals surface area contributed by atoms with Gasteiger partial charge in [-0.25, -0.2) is 14.5 Å². The van der Waals surface area contributed by atoms with Crippen LogP contribution in [0.1, 0.15) is 20.3 Å². The van der Waals surface area contributed by atoms with E-state index in [0.717, 1.165) is 20.8 Å². The maximum absolute atomic E-state index is 13.2. The molecule has 0 saturated carbocycles. The van der Waals surface area contributed by atoms with E-state index < -0.39 is 11.6 Å². The Morgan fingerprint density at radius 2 is 1.73 bits per heavy atom. The molecule has 11 heteroatoms. The fraction of sp³-hybridized carbons (Fsp3) is 0.231. The lowest BCUT2D eigenvalue weighted by molar-refractivity contribution is -0.904. The average molecular weight is 563 g/mol. The lowest BCUT2D eigenvalue weighted by Gasteiger charge is -2.27. The number of carbonyl (C=O) groups excluding carboxylic acids is 2. The van der Waals surface area contributed by atoms with E-state index >= 15 is 0 Å². The highest BCUT2D eigenvalue weighted by Gasteiger charge is 2.51. The summed E-state index contributed by atoms with van der Waals surface area (Å²) in [5.41, 5.74) is 1.29. The topological polar surface area (TPSA) is 78.3 Å². The third kappa shape index (κ3) is 5.59. The lowest BCUT2D eigenvalue weighted by atomic mass is 10.0. The maximum atomic E-state index is 13.2. The van der Waals surface area contributed by atoms with Gasteiger partial charge in [0, 0.05) is 28.4 Å². The summed E-state index contributed by atoms with van der Waals surface area (Å²) >= 11 is 12.5. The van der Waals surface area contributed by atoms with Crippen molar-refractivity contribution in [1.29, 1.82) is 0 Å². The van der Waals surface area contributed by atoms with Crippen LogP contribution in [0.5, 0.6) is 5.75 Å². The van der Waals surface area contributed by atoms with E-state index in [2.05, 4.69) is 4.85 Å². The van der Waals surface area contributed by atoms with Crippen molar-refractivity contribution in [3.05, 3.63) is 82.4 Å². The molecule has 0 atom stereocenters. The van der Waals surface area contributed by atoms with Gasteiger partial charge in [0.1, 0.15) is 11.3 Å². The second-order valence-corrected chi connectivity index (χ2v) is 9.51. The number of hydrogen-bond acceptors (Lipinski definition) is 4. The summed E-state index contributed by atoms with van der Waals surface area (Å²) in [6.45, 7) is 11.1. The molecule has 2 heterocycles. The number of hydrogen-bond donors (Lipinski definition) is 1. The molecule has 0 radical (unpaired) electrons. The van der Waals surface area contributed by atoms with E-state index in [9.17, 15) is 14.8 Å².